The first-order valence-corrected chi connectivity index (χ1v) is 6.19. The molecule has 19 heavy (non-hydrogen) atoms. The molecule has 0 aliphatic carbocycles. The van der Waals surface area contributed by atoms with Crippen molar-refractivity contribution in [3.8, 4) is 6.07 Å². The van der Waals surface area contributed by atoms with Crippen LogP contribution in [0, 0.1) is 22.7 Å². The minimum atomic E-state index is -0.763. The van der Waals surface area contributed by atoms with Crippen molar-refractivity contribution in [2.45, 2.75) is 27.2 Å². The molecule has 2 amide bonds. The minimum absolute atomic E-state index is 0.0136. The van der Waals surface area contributed by atoms with Gasteiger partial charge in [-0.1, -0.05) is 32.0 Å². The fourth-order valence-corrected chi connectivity index (χ4v) is 1.54. The summed E-state index contributed by atoms with van der Waals surface area (Å²) in [6, 6.07) is 10.7. The van der Waals surface area contributed by atoms with E-state index in [4.69, 9.17) is 5.26 Å². The van der Waals surface area contributed by atoms with Gasteiger partial charge in [-0.3, -0.25) is 14.9 Å². The molecule has 1 aromatic rings. The first-order valence-electron chi connectivity index (χ1n) is 6.19. The molecule has 4 nitrogen and oxygen atoms in total. The van der Waals surface area contributed by atoms with Gasteiger partial charge in [0.1, 0.15) is 0 Å². The van der Waals surface area contributed by atoms with Crippen molar-refractivity contribution in [3.63, 3.8) is 0 Å². The fraction of sp³-hybridized carbons (Fsp3) is 0.400. The van der Waals surface area contributed by atoms with Gasteiger partial charge in [-0.05, 0) is 25.0 Å². The second-order valence-corrected chi connectivity index (χ2v) is 5.10. The zero-order chi connectivity index (χ0) is 14.5. The van der Waals surface area contributed by atoms with Gasteiger partial charge < -0.3 is 0 Å². The Morgan fingerprint density at radius 2 is 1.89 bits per heavy atom. The van der Waals surface area contributed by atoms with E-state index in [0.717, 1.165) is 0 Å². The van der Waals surface area contributed by atoms with Crippen LogP contribution < -0.4 is 5.32 Å². The SMILES string of the molecule is CC(C)C(C)(C#N)CC(=O)NC(=O)c1ccccc1. The monoisotopic (exact) mass is 258 g/mol. The van der Waals surface area contributed by atoms with E-state index in [2.05, 4.69) is 11.4 Å². The van der Waals surface area contributed by atoms with Gasteiger partial charge in [-0.25, -0.2) is 0 Å². The molecular weight excluding hydrogens is 240 g/mol. The maximum atomic E-state index is 11.8. The molecule has 0 spiro atoms. The zero-order valence-corrected chi connectivity index (χ0v) is 11.4. The van der Waals surface area contributed by atoms with Gasteiger partial charge in [-0.15, -0.1) is 0 Å². The van der Waals surface area contributed by atoms with Gasteiger partial charge in [0.05, 0.1) is 11.5 Å². The predicted octanol–water partition coefficient (Wildman–Crippen LogP) is 2.52. The highest BCUT2D eigenvalue weighted by molar-refractivity contribution is 6.04. The smallest absolute Gasteiger partial charge is 0.257 e. The quantitative estimate of drug-likeness (QED) is 0.902. The summed E-state index contributed by atoms with van der Waals surface area (Å²) in [6.45, 7) is 5.50. The van der Waals surface area contributed by atoms with E-state index in [9.17, 15) is 9.59 Å². The van der Waals surface area contributed by atoms with Crippen molar-refractivity contribution in [3.05, 3.63) is 35.9 Å². The zero-order valence-electron chi connectivity index (χ0n) is 11.4. The van der Waals surface area contributed by atoms with Crippen molar-refractivity contribution in [2.75, 3.05) is 0 Å². The number of amides is 2. The van der Waals surface area contributed by atoms with Crippen LogP contribution in [0.1, 0.15) is 37.6 Å². The predicted molar refractivity (Wildman–Crippen MR) is 72.1 cm³/mol. The van der Waals surface area contributed by atoms with E-state index in [1.54, 1.807) is 37.3 Å². The summed E-state index contributed by atoms with van der Waals surface area (Å²) in [4.78, 5) is 23.6. The second-order valence-electron chi connectivity index (χ2n) is 5.10. The third kappa shape index (κ3) is 3.92. The van der Waals surface area contributed by atoms with E-state index in [1.807, 2.05) is 13.8 Å². The number of imide groups is 1. The molecule has 1 aromatic carbocycles. The number of carbonyl (C=O) groups excluding carboxylic acids is 2. The number of nitrogens with one attached hydrogen (secondary N) is 1. The third-order valence-corrected chi connectivity index (χ3v) is 3.35. The Morgan fingerprint density at radius 1 is 1.32 bits per heavy atom. The highest BCUT2D eigenvalue weighted by Gasteiger charge is 2.31. The van der Waals surface area contributed by atoms with Gasteiger partial charge >= 0.3 is 0 Å². The number of nitriles is 1. The van der Waals surface area contributed by atoms with Crippen molar-refractivity contribution >= 4 is 11.8 Å². The molecule has 1 atom stereocenters. The Morgan fingerprint density at radius 3 is 2.37 bits per heavy atom. The molecule has 100 valence electrons. The lowest BCUT2D eigenvalue weighted by atomic mass is 9.77. The average molecular weight is 258 g/mol. The van der Waals surface area contributed by atoms with Crippen LogP contribution in [0.4, 0.5) is 0 Å². The largest absolute Gasteiger partial charge is 0.292 e. The van der Waals surface area contributed by atoms with Crippen molar-refractivity contribution in [1.82, 2.24) is 5.32 Å². The van der Waals surface area contributed by atoms with Crippen LogP contribution in [0.3, 0.4) is 0 Å². The lowest BCUT2D eigenvalue weighted by Gasteiger charge is -2.24. The van der Waals surface area contributed by atoms with Crippen LogP contribution in [0.2, 0.25) is 0 Å². The molecule has 0 heterocycles. The van der Waals surface area contributed by atoms with E-state index < -0.39 is 17.2 Å². The van der Waals surface area contributed by atoms with Crippen LogP contribution >= 0.6 is 0 Å². The molecule has 0 saturated heterocycles. The lowest BCUT2D eigenvalue weighted by Crippen LogP contribution is -2.36. The number of carbonyl (C=O) groups is 2. The molecule has 0 fully saturated rings. The van der Waals surface area contributed by atoms with E-state index in [0.29, 0.717) is 5.56 Å². The molecule has 0 saturated carbocycles. The maximum absolute atomic E-state index is 11.8. The van der Waals surface area contributed by atoms with Gasteiger partial charge in [0, 0.05) is 12.0 Å². The molecule has 1 rings (SSSR count). The molecular formula is C15H18N2O2. The van der Waals surface area contributed by atoms with Gasteiger partial charge in [-0.2, -0.15) is 5.26 Å². The van der Waals surface area contributed by atoms with E-state index in [1.165, 1.54) is 0 Å². The molecule has 4 heteroatoms. The molecule has 1 N–H and O–H groups in total. The van der Waals surface area contributed by atoms with Crippen LogP contribution in [0.15, 0.2) is 30.3 Å². The number of hydrogen-bond donors (Lipinski definition) is 1. The van der Waals surface area contributed by atoms with Crippen molar-refractivity contribution < 1.29 is 9.59 Å². The minimum Gasteiger partial charge on any atom is -0.292 e. The molecule has 0 bridgehead atoms. The van der Waals surface area contributed by atoms with Gasteiger partial charge in [0.25, 0.3) is 5.91 Å². The molecule has 0 radical (unpaired) electrons. The second kappa shape index (κ2) is 6.14. The van der Waals surface area contributed by atoms with Crippen molar-refractivity contribution in [2.24, 2.45) is 11.3 Å². The first-order chi connectivity index (χ1) is 8.89. The Bertz CT molecular complexity index is 503. The van der Waals surface area contributed by atoms with E-state index in [-0.39, 0.29) is 12.3 Å². The number of nitrogens with zero attached hydrogens (tertiary/aromatic N) is 1. The number of benzene rings is 1. The van der Waals surface area contributed by atoms with Crippen LogP contribution in [-0.2, 0) is 4.79 Å². The Balaban J connectivity index is 2.67. The Labute approximate surface area is 113 Å². The summed E-state index contributed by atoms with van der Waals surface area (Å²) in [5.41, 5.74) is -0.333. The number of rotatable bonds is 4. The maximum Gasteiger partial charge on any atom is 0.257 e. The summed E-state index contributed by atoms with van der Waals surface area (Å²) in [7, 11) is 0. The lowest BCUT2D eigenvalue weighted by molar-refractivity contribution is -0.122. The van der Waals surface area contributed by atoms with Gasteiger partial charge in [0.15, 0.2) is 0 Å². The highest BCUT2D eigenvalue weighted by Crippen LogP contribution is 2.29. The third-order valence-electron chi connectivity index (χ3n) is 3.35. The van der Waals surface area contributed by atoms with Crippen LogP contribution in [0.5, 0.6) is 0 Å². The molecule has 0 aliphatic rings. The summed E-state index contributed by atoms with van der Waals surface area (Å²) in [5, 5.41) is 11.5. The first kappa shape index (κ1) is 14.9. The Kier molecular flexibility index (Phi) is 4.82. The van der Waals surface area contributed by atoms with E-state index >= 15 is 0 Å². The molecule has 0 aromatic heterocycles. The summed E-state index contributed by atoms with van der Waals surface area (Å²) in [6.07, 6.45) is 0.0136. The molecule has 1 unspecified atom stereocenters. The molecule has 0 aliphatic heterocycles. The average Bonchev–Trinajstić information content (AvgIpc) is 2.39. The summed E-state index contributed by atoms with van der Waals surface area (Å²) < 4.78 is 0. The van der Waals surface area contributed by atoms with Crippen LogP contribution in [0.25, 0.3) is 0 Å². The summed E-state index contributed by atoms with van der Waals surface area (Å²) in [5.74, 6) is -0.823. The summed E-state index contributed by atoms with van der Waals surface area (Å²) >= 11 is 0. The normalized spacial score (nSPS) is 13.4. The van der Waals surface area contributed by atoms with Crippen molar-refractivity contribution in [1.29, 1.82) is 5.26 Å². The van der Waals surface area contributed by atoms with Gasteiger partial charge in [0.2, 0.25) is 5.91 Å². The highest BCUT2D eigenvalue weighted by atomic mass is 16.2. The topological polar surface area (TPSA) is 70.0 Å². The number of hydrogen-bond acceptors (Lipinski definition) is 3. The van der Waals surface area contributed by atoms with Crippen LogP contribution in [-0.4, -0.2) is 11.8 Å². The Hall–Kier alpha value is -2.15. The standard InChI is InChI=1S/C15H18N2O2/c1-11(2)15(3,10-16)9-13(18)17-14(19)12-7-5-4-6-8-12/h4-8,11H,9H2,1-3H3,(H,17,18,19). The fourth-order valence-electron chi connectivity index (χ4n) is 1.54.